The van der Waals surface area contributed by atoms with Crippen LogP contribution in [-0.4, -0.2) is 24.7 Å². The summed E-state index contributed by atoms with van der Waals surface area (Å²) in [4.78, 5) is 0. The Kier molecular flexibility index (Phi) is 3.89. The molecule has 0 aromatic carbocycles. The molecular formula is C7H15F2NO. The molecular weight excluding hydrogens is 152 g/mol. The number of aliphatic hydroxyl groups excluding tert-OH is 1. The van der Waals surface area contributed by atoms with E-state index in [1.807, 2.05) is 0 Å². The zero-order valence-corrected chi connectivity index (χ0v) is 6.85. The Morgan fingerprint density at radius 2 is 1.91 bits per heavy atom. The van der Waals surface area contributed by atoms with Gasteiger partial charge >= 0.3 is 0 Å². The van der Waals surface area contributed by atoms with Gasteiger partial charge in [-0.05, 0) is 5.41 Å². The van der Waals surface area contributed by atoms with Crippen LogP contribution in [0.5, 0.6) is 0 Å². The molecule has 1 unspecified atom stereocenters. The molecule has 0 fully saturated rings. The summed E-state index contributed by atoms with van der Waals surface area (Å²) in [6.07, 6.45) is -2.46. The van der Waals surface area contributed by atoms with E-state index in [1.54, 1.807) is 13.8 Å². The quantitative estimate of drug-likeness (QED) is 0.652. The maximum atomic E-state index is 12.2. The van der Waals surface area contributed by atoms with E-state index in [1.165, 1.54) is 0 Å². The average molecular weight is 167 g/mol. The molecule has 0 bridgehead atoms. The number of aliphatic hydroxyl groups is 1. The molecule has 1 atom stereocenters. The van der Waals surface area contributed by atoms with E-state index in [-0.39, 0.29) is 13.2 Å². The van der Waals surface area contributed by atoms with Crippen LogP contribution in [0.3, 0.4) is 0 Å². The standard InChI is InChI=1S/C7H15F2NO/c1-7(2,4-11)5(3-10)6(8)9/h5-6,11H,3-4,10H2,1-2H3. The summed E-state index contributed by atoms with van der Waals surface area (Å²) in [5, 5.41) is 8.76. The third-order valence-corrected chi connectivity index (χ3v) is 1.97. The van der Waals surface area contributed by atoms with E-state index < -0.39 is 17.8 Å². The molecule has 68 valence electrons. The molecule has 0 aromatic rings. The molecule has 0 aliphatic heterocycles. The van der Waals surface area contributed by atoms with Gasteiger partial charge in [-0.2, -0.15) is 0 Å². The van der Waals surface area contributed by atoms with Crippen molar-refractivity contribution in [2.75, 3.05) is 13.2 Å². The first-order valence-corrected chi connectivity index (χ1v) is 3.54. The first-order valence-electron chi connectivity index (χ1n) is 3.54. The molecule has 0 spiro atoms. The van der Waals surface area contributed by atoms with E-state index in [9.17, 15) is 8.78 Å². The van der Waals surface area contributed by atoms with Crippen molar-refractivity contribution in [2.24, 2.45) is 17.1 Å². The number of nitrogens with two attached hydrogens (primary N) is 1. The Labute approximate surface area is 65.4 Å². The minimum absolute atomic E-state index is 0.0920. The largest absolute Gasteiger partial charge is 0.396 e. The van der Waals surface area contributed by atoms with Crippen LogP contribution in [0.4, 0.5) is 8.78 Å². The van der Waals surface area contributed by atoms with Gasteiger partial charge in [-0.15, -0.1) is 0 Å². The van der Waals surface area contributed by atoms with E-state index in [0.717, 1.165) is 0 Å². The molecule has 0 aromatic heterocycles. The van der Waals surface area contributed by atoms with Crippen LogP contribution in [0.25, 0.3) is 0 Å². The number of rotatable bonds is 4. The van der Waals surface area contributed by atoms with Crippen LogP contribution in [0.1, 0.15) is 13.8 Å². The summed E-state index contributed by atoms with van der Waals surface area (Å²) in [7, 11) is 0. The fraction of sp³-hybridized carbons (Fsp3) is 1.00. The van der Waals surface area contributed by atoms with Crippen LogP contribution < -0.4 is 5.73 Å². The monoisotopic (exact) mass is 167 g/mol. The maximum Gasteiger partial charge on any atom is 0.243 e. The summed E-state index contributed by atoms with van der Waals surface area (Å²) >= 11 is 0. The van der Waals surface area contributed by atoms with Gasteiger partial charge in [-0.3, -0.25) is 0 Å². The highest BCUT2D eigenvalue weighted by Gasteiger charge is 2.34. The second kappa shape index (κ2) is 3.97. The minimum atomic E-state index is -2.46. The number of halogens is 2. The number of hydrogen-bond donors (Lipinski definition) is 2. The van der Waals surface area contributed by atoms with Crippen molar-refractivity contribution in [3.05, 3.63) is 0 Å². The summed E-state index contributed by atoms with van der Waals surface area (Å²) in [6.45, 7) is 2.80. The van der Waals surface area contributed by atoms with Gasteiger partial charge in [-0.1, -0.05) is 13.8 Å². The third-order valence-electron chi connectivity index (χ3n) is 1.97. The molecule has 4 heteroatoms. The van der Waals surface area contributed by atoms with Gasteiger partial charge < -0.3 is 10.8 Å². The Morgan fingerprint density at radius 1 is 1.45 bits per heavy atom. The second-order valence-corrected chi connectivity index (χ2v) is 3.32. The normalized spacial score (nSPS) is 15.5. The predicted molar refractivity (Wildman–Crippen MR) is 39.4 cm³/mol. The van der Waals surface area contributed by atoms with Gasteiger partial charge in [0.05, 0.1) is 0 Å². The van der Waals surface area contributed by atoms with Crippen LogP contribution >= 0.6 is 0 Å². The van der Waals surface area contributed by atoms with Crippen LogP contribution in [0.2, 0.25) is 0 Å². The van der Waals surface area contributed by atoms with Crippen molar-refractivity contribution in [3.63, 3.8) is 0 Å². The molecule has 0 aliphatic carbocycles. The maximum absolute atomic E-state index is 12.2. The topological polar surface area (TPSA) is 46.2 Å². The molecule has 0 saturated carbocycles. The van der Waals surface area contributed by atoms with Crippen molar-refractivity contribution in [3.8, 4) is 0 Å². The van der Waals surface area contributed by atoms with Gasteiger partial charge in [0.2, 0.25) is 6.43 Å². The third kappa shape index (κ3) is 2.71. The average Bonchev–Trinajstić information content (AvgIpc) is 1.88. The van der Waals surface area contributed by atoms with Crippen molar-refractivity contribution < 1.29 is 13.9 Å². The summed E-state index contributed by atoms with van der Waals surface area (Å²) in [5.41, 5.74) is 4.36. The molecule has 0 saturated heterocycles. The predicted octanol–water partition coefficient (Wildman–Crippen LogP) is 0.845. The van der Waals surface area contributed by atoms with E-state index >= 15 is 0 Å². The molecule has 11 heavy (non-hydrogen) atoms. The zero-order valence-electron chi connectivity index (χ0n) is 6.85. The first kappa shape index (κ1) is 10.8. The molecule has 0 heterocycles. The van der Waals surface area contributed by atoms with Gasteiger partial charge in [0.1, 0.15) is 0 Å². The lowest BCUT2D eigenvalue weighted by atomic mass is 9.80. The summed E-state index contributed by atoms with van der Waals surface area (Å²) in [5.74, 6) is -0.924. The Bertz CT molecular complexity index is 117. The van der Waals surface area contributed by atoms with Gasteiger partial charge in [-0.25, -0.2) is 8.78 Å². The Hall–Kier alpha value is -0.220. The Morgan fingerprint density at radius 3 is 2.00 bits per heavy atom. The number of alkyl halides is 2. The van der Waals surface area contributed by atoms with Crippen LogP contribution in [0.15, 0.2) is 0 Å². The van der Waals surface area contributed by atoms with Gasteiger partial charge in [0.25, 0.3) is 0 Å². The van der Waals surface area contributed by atoms with Crippen molar-refractivity contribution in [1.29, 1.82) is 0 Å². The first-order chi connectivity index (χ1) is 4.95. The lowest BCUT2D eigenvalue weighted by Crippen LogP contribution is -2.38. The van der Waals surface area contributed by atoms with Gasteiger partial charge in [0, 0.05) is 19.1 Å². The molecule has 0 radical (unpaired) electrons. The SMILES string of the molecule is CC(C)(CO)C(CN)C(F)F. The fourth-order valence-electron chi connectivity index (χ4n) is 0.880. The molecule has 0 rings (SSSR count). The second-order valence-electron chi connectivity index (χ2n) is 3.32. The van der Waals surface area contributed by atoms with Crippen LogP contribution in [0, 0.1) is 11.3 Å². The molecule has 2 nitrogen and oxygen atoms in total. The molecule has 0 aliphatic rings. The zero-order chi connectivity index (χ0) is 9.07. The molecule has 3 N–H and O–H groups in total. The minimum Gasteiger partial charge on any atom is -0.396 e. The highest BCUT2D eigenvalue weighted by atomic mass is 19.3. The van der Waals surface area contributed by atoms with Crippen molar-refractivity contribution >= 4 is 0 Å². The van der Waals surface area contributed by atoms with Crippen LogP contribution in [-0.2, 0) is 0 Å². The number of hydrogen-bond acceptors (Lipinski definition) is 2. The fourth-order valence-corrected chi connectivity index (χ4v) is 0.880. The van der Waals surface area contributed by atoms with E-state index in [4.69, 9.17) is 10.8 Å². The summed E-state index contributed by atoms with van der Waals surface area (Å²) < 4.78 is 24.4. The highest BCUT2D eigenvalue weighted by molar-refractivity contribution is 4.79. The van der Waals surface area contributed by atoms with Gasteiger partial charge in [0.15, 0.2) is 0 Å². The smallest absolute Gasteiger partial charge is 0.243 e. The van der Waals surface area contributed by atoms with E-state index in [2.05, 4.69) is 0 Å². The summed E-state index contributed by atoms with van der Waals surface area (Å²) in [6, 6.07) is 0. The van der Waals surface area contributed by atoms with E-state index in [0.29, 0.717) is 0 Å². The van der Waals surface area contributed by atoms with Crippen molar-refractivity contribution in [1.82, 2.24) is 0 Å². The molecule has 0 amide bonds. The Balaban J connectivity index is 4.23. The van der Waals surface area contributed by atoms with Crippen molar-refractivity contribution in [2.45, 2.75) is 20.3 Å². The lowest BCUT2D eigenvalue weighted by molar-refractivity contribution is -0.0135. The highest BCUT2D eigenvalue weighted by Crippen LogP contribution is 2.30. The lowest BCUT2D eigenvalue weighted by Gasteiger charge is -2.30.